The first-order valence-electron chi connectivity index (χ1n) is 30.0. The summed E-state index contributed by atoms with van der Waals surface area (Å²) in [6, 6.07) is 0. The zero-order valence-corrected chi connectivity index (χ0v) is 46.4. The molecule has 72 heavy (non-hydrogen) atoms. The molecule has 0 spiro atoms. The monoisotopic (exact) mass is 1010 g/mol. The van der Waals surface area contributed by atoms with E-state index in [1.165, 1.54) is 154 Å². The maximum absolute atomic E-state index is 12.9. The van der Waals surface area contributed by atoms with E-state index < -0.39 is 43.4 Å². The first-order valence-corrected chi connectivity index (χ1v) is 30.0. The predicted molar refractivity (Wildman–Crippen MR) is 302 cm³/mol. The lowest BCUT2D eigenvalue weighted by molar-refractivity contribution is -0.305. The second kappa shape index (κ2) is 53.5. The van der Waals surface area contributed by atoms with Crippen molar-refractivity contribution in [2.24, 2.45) is 0 Å². The Morgan fingerprint density at radius 3 is 1.28 bits per heavy atom. The molecule has 6 atom stereocenters. The maximum Gasteiger partial charge on any atom is 0.306 e. The van der Waals surface area contributed by atoms with Crippen LogP contribution < -0.4 is 0 Å². The van der Waals surface area contributed by atoms with E-state index in [1.807, 2.05) is 0 Å². The van der Waals surface area contributed by atoms with Crippen molar-refractivity contribution in [1.82, 2.24) is 0 Å². The van der Waals surface area contributed by atoms with E-state index in [1.54, 1.807) is 0 Å². The van der Waals surface area contributed by atoms with Crippen molar-refractivity contribution in [3.8, 4) is 0 Å². The Balaban J connectivity index is 2.16. The normalized spacial score (nSPS) is 19.2. The number of aliphatic hydroxyl groups excluding tert-OH is 4. The molecule has 9 nitrogen and oxygen atoms in total. The number of allylic oxidation sites excluding steroid dienone is 12. The van der Waals surface area contributed by atoms with Crippen molar-refractivity contribution in [1.29, 1.82) is 0 Å². The number of unbranched alkanes of at least 4 members (excludes halogenated alkanes) is 29. The van der Waals surface area contributed by atoms with Crippen LogP contribution in [0.1, 0.15) is 258 Å². The summed E-state index contributed by atoms with van der Waals surface area (Å²) in [6.45, 7) is 4.45. The first-order chi connectivity index (χ1) is 35.4. The molecule has 418 valence electrons. The van der Waals surface area contributed by atoms with E-state index in [9.17, 15) is 25.2 Å². The van der Waals surface area contributed by atoms with Crippen LogP contribution in [0.3, 0.4) is 0 Å². The van der Waals surface area contributed by atoms with Gasteiger partial charge in [-0.2, -0.15) is 0 Å². The van der Waals surface area contributed by atoms with Crippen molar-refractivity contribution >= 4 is 5.97 Å². The highest BCUT2D eigenvalue weighted by atomic mass is 16.7. The maximum atomic E-state index is 12.9. The molecule has 9 heteroatoms. The molecule has 1 saturated heterocycles. The smallest absolute Gasteiger partial charge is 0.306 e. The third-order valence-corrected chi connectivity index (χ3v) is 13.6. The zero-order valence-electron chi connectivity index (χ0n) is 46.4. The SMILES string of the molecule is CC/C=C\C/C=C\C/C=C\C/C=C\C/C=C\C/C=C\CCCCCCC(=O)OC(COCCCCCCCCCCCCCCCCCCCCCCCCCCCC)COC1OC(CO)C(O)C(O)C1O. The van der Waals surface area contributed by atoms with Crippen molar-refractivity contribution < 1.29 is 44.2 Å². The molecule has 1 aliphatic rings. The van der Waals surface area contributed by atoms with E-state index in [-0.39, 0.29) is 25.6 Å². The largest absolute Gasteiger partial charge is 0.457 e. The topological polar surface area (TPSA) is 135 Å². The number of carbonyl (C=O) groups is 1. The second-order valence-electron chi connectivity index (χ2n) is 20.4. The van der Waals surface area contributed by atoms with Gasteiger partial charge in [-0.1, -0.05) is 260 Å². The molecule has 1 heterocycles. The van der Waals surface area contributed by atoms with Crippen LogP contribution in [0.5, 0.6) is 0 Å². The molecule has 0 aromatic heterocycles. The summed E-state index contributed by atoms with van der Waals surface area (Å²) in [7, 11) is 0. The van der Waals surface area contributed by atoms with Crippen molar-refractivity contribution in [2.45, 2.75) is 295 Å². The van der Waals surface area contributed by atoms with E-state index in [4.69, 9.17) is 18.9 Å². The first kappa shape index (κ1) is 67.6. The molecular formula is C63H112O9. The minimum atomic E-state index is -1.55. The van der Waals surface area contributed by atoms with Crippen LogP contribution in [-0.2, 0) is 23.7 Å². The quantitative estimate of drug-likeness (QED) is 0.0267. The Labute approximate surface area is 442 Å². The Bertz CT molecular complexity index is 1340. The van der Waals surface area contributed by atoms with E-state index in [0.29, 0.717) is 6.61 Å². The van der Waals surface area contributed by atoms with Crippen molar-refractivity contribution in [3.63, 3.8) is 0 Å². The van der Waals surface area contributed by atoms with Crippen LogP contribution in [0.4, 0.5) is 0 Å². The predicted octanol–water partition coefficient (Wildman–Crippen LogP) is 15.9. The molecule has 0 aromatic carbocycles. The minimum absolute atomic E-state index is 0.125. The Kier molecular flexibility index (Phi) is 50.2. The molecule has 0 aliphatic carbocycles. The Morgan fingerprint density at radius 2 is 0.847 bits per heavy atom. The fourth-order valence-corrected chi connectivity index (χ4v) is 9.03. The summed E-state index contributed by atoms with van der Waals surface area (Å²) >= 11 is 0. The lowest BCUT2D eigenvalue weighted by Gasteiger charge is -2.39. The number of carbonyl (C=O) groups excluding carboxylic acids is 1. The standard InChI is InChI=1S/C63H112O9/c1-3-5-7-9-11-13-15-17-19-21-23-25-27-28-29-31-33-35-37-39-41-43-45-47-49-51-53-69-55-57(56-70-63-62(68)61(67)60(66)58(54-64)72-63)71-59(65)52-50-48-46-44-42-40-38-36-34-32-30-26-24-22-20-18-16-14-12-10-8-6-4-2/h6,8,12,14,18,20,24,26,32,34,38,40,57-58,60-64,66-68H,3-5,7,9-11,13,15-17,19,21-23,25,27-31,33,35-37,39,41-56H2,1-2H3/b8-6-,14-12-,20-18-,26-24-,34-32-,40-38-. The van der Waals surface area contributed by atoms with Gasteiger partial charge in [0.25, 0.3) is 0 Å². The van der Waals surface area contributed by atoms with Gasteiger partial charge in [0.15, 0.2) is 6.29 Å². The summed E-state index contributed by atoms with van der Waals surface area (Å²) < 4.78 is 23.0. The van der Waals surface area contributed by atoms with Gasteiger partial charge in [-0.05, 0) is 64.2 Å². The van der Waals surface area contributed by atoms with Crippen LogP contribution in [0, 0.1) is 0 Å². The van der Waals surface area contributed by atoms with Gasteiger partial charge in [-0.25, -0.2) is 0 Å². The van der Waals surface area contributed by atoms with Crippen LogP contribution in [-0.4, -0.2) is 89.6 Å². The summed E-state index contributed by atoms with van der Waals surface area (Å²) in [5, 5.41) is 40.4. The molecule has 6 unspecified atom stereocenters. The number of rotatable bonds is 52. The van der Waals surface area contributed by atoms with Gasteiger partial charge in [0.05, 0.1) is 19.8 Å². The van der Waals surface area contributed by atoms with Gasteiger partial charge in [-0.3, -0.25) is 4.79 Å². The second-order valence-corrected chi connectivity index (χ2v) is 20.4. The highest BCUT2D eigenvalue weighted by Crippen LogP contribution is 2.23. The van der Waals surface area contributed by atoms with Gasteiger partial charge in [0.2, 0.25) is 0 Å². The van der Waals surface area contributed by atoms with Crippen LogP contribution in [0.2, 0.25) is 0 Å². The summed E-state index contributed by atoms with van der Waals surface area (Å²) in [5.41, 5.74) is 0. The van der Waals surface area contributed by atoms with Crippen LogP contribution in [0.15, 0.2) is 72.9 Å². The number of aliphatic hydroxyl groups is 4. The third kappa shape index (κ3) is 42.9. The van der Waals surface area contributed by atoms with Gasteiger partial charge in [-0.15, -0.1) is 0 Å². The van der Waals surface area contributed by atoms with Crippen LogP contribution >= 0.6 is 0 Å². The molecule has 0 radical (unpaired) electrons. The number of hydrogen-bond donors (Lipinski definition) is 4. The van der Waals surface area contributed by atoms with E-state index >= 15 is 0 Å². The van der Waals surface area contributed by atoms with Crippen molar-refractivity contribution in [2.75, 3.05) is 26.4 Å². The number of ether oxygens (including phenoxy) is 4. The third-order valence-electron chi connectivity index (χ3n) is 13.6. The van der Waals surface area contributed by atoms with Gasteiger partial charge in [0, 0.05) is 13.0 Å². The number of hydrogen-bond acceptors (Lipinski definition) is 9. The zero-order chi connectivity index (χ0) is 52.1. The van der Waals surface area contributed by atoms with Gasteiger partial charge >= 0.3 is 5.97 Å². The van der Waals surface area contributed by atoms with Crippen LogP contribution in [0.25, 0.3) is 0 Å². The minimum Gasteiger partial charge on any atom is -0.457 e. The highest BCUT2D eigenvalue weighted by molar-refractivity contribution is 5.69. The van der Waals surface area contributed by atoms with E-state index in [2.05, 4.69) is 86.8 Å². The highest BCUT2D eigenvalue weighted by Gasteiger charge is 2.44. The molecular weight excluding hydrogens is 901 g/mol. The average Bonchev–Trinajstić information content (AvgIpc) is 3.38. The molecule has 1 fully saturated rings. The summed E-state index contributed by atoms with van der Waals surface area (Å²) in [5.74, 6) is -0.335. The van der Waals surface area contributed by atoms with E-state index in [0.717, 1.165) is 83.5 Å². The fourth-order valence-electron chi connectivity index (χ4n) is 9.03. The molecule has 1 aliphatic heterocycles. The fraction of sp³-hybridized carbons (Fsp3) is 0.794. The molecule has 0 bridgehead atoms. The summed E-state index contributed by atoms with van der Waals surface area (Å²) in [6.07, 6.45) is 65.3. The number of esters is 1. The lowest BCUT2D eigenvalue weighted by Crippen LogP contribution is -2.59. The van der Waals surface area contributed by atoms with Crippen molar-refractivity contribution in [3.05, 3.63) is 72.9 Å². The van der Waals surface area contributed by atoms with Gasteiger partial charge in [0.1, 0.15) is 30.5 Å². The molecule has 0 saturated carbocycles. The molecule has 4 N–H and O–H groups in total. The molecule has 1 rings (SSSR count). The lowest BCUT2D eigenvalue weighted by atomic mass is 9.99. The summed E-state index contributed by atoms with van der Waals surface area (Å²) in [4.78, 5) is 12.9. The average molecular weight is 1010 g/mol. The molecule has 0 aromatic rings. The van der Waals surface area contributed by atoms with Gasteiger partial charge < -0.3 is 39.4 Å². The Morgan fingerprint density at radius 1 is 0.458 bits per heavy atom. The Hall–Kier alpha value is -2.37. The molecule has 0 amide bonds.